The first-order chi connectivity index (χ1) is 13.7. The third-order valence-corrected chi connectivity index (χ3v) is 5.29. The van der Waals surface area contributed by atoms with Gasteiger partial charge in [-0.05, 0) is 55.4 Å². The van der Waals surface area contributed by atoms with E-state index in [2.05, 4.69) is 66.8 Å². The number of amides is 1. The lowest BCUT2D eigenvalue weighted by molar-refractivity contribution is 0.102. The number of anilines is 1. The number of hydrogen-bond acceptors (Lipinski definition) is 3. The van der Waals surface area contributed by atoms with Gasteiger partial charge in [0.2, 0.25) is 0 Å². The predicted molar refractivity (Wildman–Crippen MR) is 115 cm³/mol. The summed E-state index contributed by atoms with van der Waals surface area (Å²) in [5.41, 5.74) is 3.80. The highest BCUT2D eigenvalue weighted by atomic mass is 16.6. The Bertz CT molecular complexity index is 715. The SMILES string of the molecule is CCCCOC(=O)N1CCCC(Nc2ccc(Cc3ccccc3)cc2)CC1. The Morgan fingerprint density at radius 2 is 1.79 bits per heavy atom. The van der Waals surface area contributed by atoms with Crippen molar-refractivity contribution in [2.75, 3.05) is 25.0 Å². The van der Waals surface area contributed by atoms with Crippen LogP contribution in [0.3, 0.4) is 0 Å². The van der Waals surface area contributed by atoms with Crippen LogP contribution in [0.25, 0.3) is 0 Å². The van der Waals surface area contributed by atoms with Crippen molar-refractivity contribution in [2.24, 2.45) is 0 Å². The zero-order valence-corrected chi connectivity index (χ0v) is 16.9. The smallest absolute Gasteiger partial charge is 0.409 e. The molecule has 0 radical (unpaired) electrons. The lowest BCUT2D eigenvalue weighted by Crippen LogP contribution is -2.33. The number of hydrogen-bond donors (Lipinski definition) is 1. The largest absolute Gasteiger partial charge is 0.449 e. The normalized spacial score (nSPS) is 17.0. The van der Waals surface area contributed by atoms with Gasteiger partial charge in [-0.15, -0.1) is 0 Å². The van der Waals surface area contributed by atoms with Crippen molar-refractivity contribution < 1.29 is 9.53 Å². The summed E-state index contributed by atoms with van der Waals surface area (Å²) in [6.45, 7) is 4.18. The maximum absolute atomic E-state index is 12.2. The minimum Gasteiger partial charge on any atom is -0.449 e. The van der Waals surface area contributed by atoms with Crippen LogP contribution in [-0.4, -0.2) is 36.7 Å². The van der Waals surface area contributed by atoms with Gasteiger partial charge < -0.3 is 15.0 Å². The van der Waals surface area contributed by atoms with Gasteiger partial charge in [0, 0.05) is 24.8 Å². The van der Waals surface area contributed by atoms with Crippen molar-refractivity contribution in [3.63, 3.8) is 0 Å². The maximum Gasteiger partial charge on any atom is 0.409 e. The lowest BCUT2D eigenvalue weighted by Gasteiger charge is -2.21. The van der Waals surface area contributed by atoms with Gasteiger partial charge in [-0.1, -0.05) is 55.8 Å². The van der Waals surface area contributed by atoms with Crippen molar-refractivity contribution >= 4 is 11.8 Å². The highest BCUT2D eigenvalue weighted by Crippen LogP contribution is 2.19. The van der Waals surface area contributed by atoms with E-state index in [1.54, 1.807) is 0 Å². The second-order valence-electron chi connectivity index (χ2n) is 7.59. The van der Waals surface area contributed by atoms with Crippen molar-refractivity contribution in [2.45, 2.75) is 51.5 Å². The molecule has 1 amide bonds. The molecule has 0 saturated carbocycles. The summed E-state index contributed by atoms with van der Waals surface area (Å²) in [7, 11) is 0. The minimum absolute atomic E-state index is 0.153. The molecule has 1 unspecified atom stereocenters. The van der Waals surface area contributed by atoms with Crippen LogP contribution in [0.1, 0.15) is 50.2 Å². The average Bonchev–Trinajstić information content (AvgIpc) is 2.96. The summed E-state index contributed by atoms with van der Waals surface area (Å²) in [6.07, 6.45) is 5.82. The first-order valence-electron chi connectivity index (χ1n) is 10.6. The van der Waals surface area contributed by atoms with E-state index in [9.17, 15) is 4.79 Å². The number of rotatable bonds is 7. The molecule has 28 heavy (non-hydrogen) atoms. The Morgan fingerprint density at radius 3 is 2.54 bits per heavy atom. The maximum atomic E-state index is 12.2. The Morgan fingerprint density at radius 1 is 1.04 bits per heavy atom. The van der Waals surface area contributed by atoms with Crippen molar-refractivity contribution in [1.29, 1.82) is 0 Å². The third-order valence-electron chi connectivity index (χ3n) is 5.29. The monoisotopic (exact) mass is 380 g/mol. The van der Waals surface area contributed by atoms with Crippen LogP contribution in [0.5, 0.6) is 0 Å². The van der Waals surface area contributed by atoms with Crippen LogP contribution in [0.15, 0.2) is 54.6 Å². The zero-order valence-electron chi connectivity index (χ0n) is 16.9. The molecule has 1 fully saturated rings. The summed E-state index contributed by atoms with van der Waals surface area (Å²) in [5.74, 6) is 0. The average molecular weight is 381 g/mol. The number of unbranched alkanes of at least 4 members (excludes halogenated alkanes) is 1. The molecule has 4 nitrogen and oxygen atoms in total. The van der Waals surface area contributed by atoms with Gasteiger partial charge >= 0.3 is 6.09 Å². The third kappa shape index (κ3) is 6.29. The molecule has 1 N–H and O–H groups in total. The van der Waals surface area contributed by atoms with E-state index >= 15 is 0 Å². The summed E-state index contributed by atoms with van der Waals surface area (Å²) in [4.78, 5) is 14.0. The number of carbonyl (C=O) groups is 1. The summed E-state index contributed by atoms with van der Waals surface area (Å²) >= 11 is 0. The van der Waals surface area contributed by atoms with Gasteiger partial charge in [0.05, 0.1) is 6.61 Å². The highest BCUT2D eigenvalue weighted by molar-refractivity contribution is 5.67. The molecule has 0 spiro atoms. The second-order valence-corrected chi connectivity index (χ2v) is 7.59. The Balaban J connectivity index is 1.47. The Labute approximate surface area is 168 Å². The van der Waals surface area contributed by atoms with Crippen LogP contribution in [0.2, 0.25) is 0 Å². The summed E-state index contributed by atoms with van der Waals surface area (Å²) in [6, 6.07) is 19.7. The van der Waals surface area contributed by atoms with Crippen molar-refractivity contribution in [3.8, 4) is 0 Å². The van der Waals surface area contributed by atoms with E-state index in [-0.39, 0.29) is 6.09 Å². The minimum atomic E-state index is -0.153. The molecule has 0 aliphatic carbocycles. The molecule has 1 atom stereocenters. The molecule has 3 rings (SSSR count). The van der Waals surface area contributed by atoms with Gasteiger partial charge in [0.15, 0.2) is 0 Å². The molecule has 1 aliphatic rings. The molecule has 2 aromatic rings. The van der Waals surface area contributed by atoms with E-state index < -0.39 is 0 Å². The molecular weight excluding hydrogens is 348 g/mol. The fourth-order valence-corrected chi connectivity index (χ4v) is 3.60. The number of carbonyl (C=O) groups excluding carboxylic acids is 1. The first-order valence-corrected chi connectivity index (χ1v) is 10.6. The van der Waals surface area contributed by atoms with Crippen LogP contribution in [0, 0.1) is 0 Å². The van der Waals surface area contributed by atoms with Crippen LogP contribution >= 0.6 is 0 Å². The molecule has 150 valence electrons. The molecule has 0 bridgehead atoms. The second kappa shape index (κ2) is 10.7. The van der Waals surface area contributed by atoms with Gasteiger partial charge in [-0.2, -0.15) is 0 Å². The van der Waals surface area contributed by atoms with E-state index in [0.717, 1.165) is 57.3 Å². The van der Waals surface area contributed by atoms with Crippen LogP contribution < -0.4 is 5.32 Å². The number of likely N-dealkylation sites (tertiary alicyclic amines) is 1. The van der Waals surface area contributed by atoms with E-state index in [0.29, 0.717) is 12.6 Å². The topological polar surface area (TPSA) is 41.6 Å². The highest BCUT2D eigenvalue weighted by Gasteiger charge is 2.21. The Hall–Kier alpha value is -2.49. The molecule has 1 heterocycles. The summed E-state index contributed by atoms with van der Waals surface area (Å²) in [5, 5.41) is 3.64. The van der Waals surface area contributed by atoms with E-state index in [4.69, 9.17) is 4.74 Å². The quantitative estimate of drug-likeness (QED) is 0.647. The number of nitrogens with zero attached hydrogens (tertiary/aromatic N) is 1. The van der Waals surface area contributed by atoms with Gasteiger partial charge in [-0.25, -0.2) is 4.79 Å². The van der Waals surface area contributed by atoms with Gasteiger partial charge in [0.25, 0.3) is 0 Å². The number of benzene rings is 2. The van der Waals surface area contributed by atoms with Crippen molar-refractivity contribution in [3.05, 3.63) is 65.7 Å². The van der Waals surface area contributed by atoms with E-state index in [1.165, 1.54) is 11.1 Å². The number of nitrogens with one attached hydrogen (secondary N) is 1. The molecule has 0 aromatic heterocycles. The lowest BCUT2D eigenvalue weighted by atomic mass is 10.0. The fourth-order valence-electron chi connectivity index (χ4n) is 3.60. The molecule has 4 heteroatoms. The Kier molecular flexibility index (Phi) is 7.77. The number of ether oxygens (including phenoxy) is 1. The fraction of sp³-hybridized carbons (Fsp3) is 0.458. The van der Waals surface area contributed by atoms with Crippen molar-refractivity contribution in [1.82, 2.24) is 4.90 Å². The van der Waals surface area contributed by atoms with Crippen LogP contribution in [0.4, 0.5) is 10.5 Å². The zero-order chi connectivity index (χ0) is 19.6. The van der Waals surface area contributed by atoms with Gasteiger partial charge in [-0.3, -0.25) is 0 Å². The van der Waals surface area contributed by atoms with E-state index in [1.807, 2.05) is 4.90 Å². The molecular formula is C24H32N2O2. The van der Waals surface area contributed by atoms with Crippen LogP contribution in [-0.2, 0) is 11.2 Å². The van der Waals surface area contributed by atoms with Gasteiger partial charge in [0.1, 0.15) is 0 Å². The molecule has 1 aliphatic heterocycles. The molecule has 1 saturated heterocycles. The summed E-state index contributed by atoms with van der Waals surface area (Å²) < 4.78 is 5.36. The molecule has 2 aromatic carbocycles. The first kappa shape index (κ1) is 20.2. The predicted octanol–water partition coefficient (Wildman–Crippen LogP) is 5.48. The standard InChI is InChI=1S/C24H32N2O2/c1-2-3-18-28-24(27)26-16-7-10-22(15-17-26)25-23-13-11-21(12-14-23)19-20-8-5-4-6-9-20/h4-6,8-9,11-14,22,25H,2-3,7,10,15-19H2,1H3.